The van der Waals surface area contributed by atoms with Crippen molar-refractivity contribution in [1.82, 2.24) is 10.2 Å². The average Bonchev–Trinajstić information content (AvgIpc) is 2.79. The lowest BCUT2D eigenvalue weighted by molar-refractivity contribution is -0.142. The number of hydrogen-bond acceptors (Lipinski definition) is 5. The van der Waals surface area contributed by atoms with Gasteiger partial charge >= 0.3 is 5.97 Å². The maximum Gasteiger partial charge on any atom is 0.329 e. The summed E-state index contributed by atoms with van der Waals surface area (Å²) >= 11 is 0. The minimum atomic E-state index is -1.06. The second kappa shape index (κ2) is 6.05. The summed E-state index contributed by atoms with van der Waals surface area (Å²) in [6.45, 7) is -0.474. The van der Waals surface area contributed by atoms with Crippen LogP contribution in [0, 0.1) is 5.82 Å². The van der Waals surface area contributed by atoms with Crippen LogP contribution in [0.25, 0.3) is 0 Å². The Labute approximate surface area is 107 Å². The molecule has 6 nitrogen and oxygen atoms in total. The maximum atomic E-state index is 12.7. The van der Waals surface area contributed by atoms with Gasteiger partial charge in [-0.15, -0.1) is 10.2 Å². The zero-order valence-corrected chi connectivity index (χ0v) is 9.88. The van der Waals surface area contributed by atoms with Gasteiger partial charge in [0.15, 0.2) is 0 Å². The Morgan fingerprint density at radius 2 is 1.95 bits per heavy atom. The van der Waals surface area contributed by atoms with Crippen molar-refractivity contribution >= 4 is 5.97 Å². The molecule has 0 saturated carbocycles. The van der Waals surface area contributed by atoms with Crippen LogP contribution in [0.3, 0.4) is 0 Å². The molecule has 0 saturated heterocycles. The second-order valence-corrected chi connectivity index (χ2v) is 3.78. The second-order valence-electron chi connectivity index (χ2n) is 3.78. The molecule has 100 valence electrons. The van der Waals surface area contributed by atoms with Gasteiger partial charge in [0.1, 0.15) is 19.0 Å². The summed E-state index contributed by atoms with van der Waals surface area (Å²) in [6.07, 6.45) is 0.381. The highest BCUT2D eigenvalue weighted by atomic mass is 19.1. The van der Waals surface area contributed by atoms with Crippen LogP contribution in [0.1, 0.15) is 17.3 Å². The van der Waals surface area contributed by atoms with Gasteiger partial charge in [0.25, 0.3) is 0 Å². The Kier molecular flexibility index (Phi) is 4.19. The molecule has 1 aromatic heterocycles. The number of aromatic nitrogens is 2. The Morgan fingerprint density at radius 3 is 2.63 bits per heavy atom. The van der Waals surface area contributed by atoms with E-state index in [-0.39, 0.29) is 18.3 Å². The van der Waals surface area contributed by atoms with Gasteiger partial charge in [-0.25, -0.2) is 9.18 Å². The lowest BCUT2D eigenvalue weighted by Gasteiger charge is -1.97. The number of hydrogen-bond donors (Lipinski definition) is 1. The first kappa shape index (κ1) is 13.2. The fourth-order valence-electron chi connectivity index (χ4n) is 1.42. The van der Waals surface area contributed by atoms with Gasteiger partial charge < -0.3 is 14.3 Å². The lowest BCUT2D eigenvalue weighted by atomic mass is 10.1. The Bertz CT molecular complexity index is 553. The number of halogens is 1. The molecule has 0 unspecified atom stereocenters. The first-order chi connectivity index (χ1) is 9.13. The number of carboxylic acid groups (broad SMARTS) is 1. The molecule has 1 heterocycles. The van der Waals surface area contributed by atoms with Crippen LogP contribution in [0.5, 0.6) is 0 Å². The van der Waals surface area contributed by atoms with E-state index >= 15 is 0 Å². The summed E-state index contributed by atoms with van der Waals surface area (Å²) in [6, 6.07) is 5.95. The summed E-state index contributed by atoms with van der Waals surface area (Å²) in [4.78, 5) is 10.2. The quantitative estimate of drug-likeness (QED) is 0.850. The SMILES string of the molecule is O=C(O)COCc1nnc(Cc2ccc(F)cc2)o1. The largest absolute Gasteiger partial charge is 0.480 e. The molecule has 19 heavy (non-hydrogen) atoms. The van der Waals surface area contributed by atoms with E-state index in [9.17, 15) is 9.18 Å². The molecule has 0 spiro atoms. The van der Waals surface area contributed by atoms with Crippen molar-refractivity contribution < 1.29 is 23.4 Å². The fourth-order valence-corrected chi connectivity index (χ4v) is 1.42. The van der Waals surface area contributed by atoms with Gasteiger partial charge in [-0.2, -0.15) is 0 Å². The minimum Gasteiger partial charge on any atom is -0.480 e. The molecular weight excluding hydrogens is 255 g/mol. The molecule has 2 aromatic rings. The zero-order valence-electron chi connectivity index (χ0n) is 9.88. The highest BCUT2D eigenvalue weighted by Gasteiger charge is 2.08. The van der Waals surface area contributed by atoms with Crippen LogP contribution in [0.15, 0.2) is 28.7 Å². The van der Waals surface area contributed by atoms with Crippen LogP contribution in [-0.4, -0.2) is 27.9 Å². The van der Waals surface area contributed by atoms with E-state index in [0.717, 1.165) is 5.56 Å². The van der Waals surface area contributed by atoms with Crippen LogP contribution >= 0.6 is 0 Å². The first-order valence-electron chi connectivity index (χ1n) is 5.49. The van der Waals surface area contributed by atoms with Crippen LogP contribution in [0.4, 0.5) is 4.39 Å². The summed E-state index contributed by atoms with van der Waals surface area (Å²) in [7, 11) is 0. The maximum absolute atomic E-state index is 12.7. The molecule has 7 heteroatoms. The topological polar surface area (TPSA) is 85.5 Å². The van der Waals surface area contributed by atoms with E-state index in [1.807, 2.05) is 0 Å². The highest BCUT2D eigenvalue weighted by molar-refractivity contribution is 5.67. The Morgan fingerprint density at radius 1 is 1.26 bits per heavy atom. The third kappa shape index (κ3) is 4.14. The molecule has 0 aliphatic carbocycles. The summed E-state index contributed by atoms with van der Waals surface area (Å²) in [5, 5.41) is 15.9. The predicted molar refractivity (Wildman–Crippen MR) is 60.8 cm³/mol. The van der Waals surface area contributed by atoms with Crippen molar-refractivity contribution in [1.29, 1.82) is 0 Å². The molecule has 1 aromatic carbocycles. The number of aliphatic carboxylic acids is 1. The van der Waals surface area contributed by atoms with E-state index in [4.69, 9.17) is 14.3 Å². The van der Waals surface area contributed by atoms with Gasteiger partial charge in [-0.3, -0.25) is 0 Å². The number of benzene rings is 1. The van der Waals surface area contributed by atoms with E-state index in [2.05, 4.69) is 10.2 Å². The van der Waals surface area contributed by atoms with Crippen LogP contribution in [0.2, 0.25) is 0 Å². The van der Waals surface area contributed by atoms with Gasteiger partial charge in [0.2, 0.25) is 11.8 Å². The average molecular weight is 266 g/mol. The summed E-state index contributed by atoms with van der Waals surface area (Å²) < 4.78 is 22.8. The van der Waals surface area contributed by atoms with Crippen molar-refractivity contribution in [2.75, 3.05) is 6.61 Å². The molecule has 0 bridgehead atoms. The van der Waals surface area contributed by atoms with Crippen LogP contribution in [-0.2, 0) is 22.6 Å². The number of nitrogens with zero attached hydrogens (tertiary/aromatic N) is 2. The van der Waals surface area contributed by atoms with Crippen molar-refractivity contribution in [2.24, 2.45) is 0 Å². The summed E-state index contributed by atoms with van der Waals surface area (Å²) in [5.41, 5.74) is 0.836. The molecule has 1 N–H and O–H groups in total. The molecule has 0 aliphatic heterocycles. The Hall–Kier alpha value is -2.28. The van der Waals surface area contributed by atoms with Crippen molar-refractivity contribution in [2.45, 2.75) is 13.0 Å². The van der Waals surface area contributed by atoms with E-state index in [1.165, 1.54) is 12.1 Å². The van der Waals surface area contributed by atoms with Gasteiger partial charge in [0, 0.05) is 0 Å². The normalized spacial score (nSPS) is 10.6. The van der Waals surface area contributed by atoms with Gasteiger partial charge in [0.05, 0.1) is 6.42 Å². The fraction of sp³-hybridized carbons (Fsp3) is 0.250. The smallest absolute Gasteiger partial charge is 0.329 e. The number of ether oxygens (including phenoxy) is 1. The molecule has 0 fully saturated rings. The van der Waals surface area contributed by atoms with E-state index in [1.54, 1.807) is 12.1 Å². The van der Waals surface area contributed by atoms with Crippen molar-refractivity contribution in [3.05, 3.63) is 47.4 Å². The molecular formula is C12H11FN2O4. The predicted octanol–water partition coefficient (Wildman–Crippen LogP) is 1.40. The third-order valence-electron chi connectivity index (χ3n) is 2.23. The molecule has 0 atom stereocenters. The third-order valence-corrected chi connectivity index (χ3v) is 2.23. The first-order valence-corrected chi connectivity index (χ1v) is 5.49. The van der Waals surface area contributed by atoms with Crippen molar-refractivity contribution in [3.8, 4) is 0 Å². The number of carboxylic acids is 1. The zero-order chi connectivity index (χ0) is 13.7. The molecule has 2 rings (SSSR count). The number of carbonyl (C=O) groups is 1. The van der Waals surface area contributed by atoms with Gasteiger partial charge in [-0.05, 0) is 17.7 Å². The standard InChI is InChI=1S/C12H11FN2O4/c13-9-3-1-8(2-4-9)5-10-14-15-11(19-10)6-18-7-12(16)17/h1-4H,5-7H2,(H,16,17). The number of rotatable bonds is 6. The molecule has 0 radical (unpaired) electrons. The minimum absolute atomic E-state index is 0.0529. The molecule has 0 aliphatic rings. The lowest BCUT2D eigenvalue weighted by Crippen LogP contribution is -2.06. The van der Waals surface area contributed by atoms with Crippen LogP contribution < -0.4 is 0 Å². The van der Waals surface area contributed by atoms with Gasteiger partial charge in [-0.1, -0.05) is 12.1 Å². The Balaban J connectivity index is 1.90. The van der Waals surface area contributed by atoms with E-state index < -0.39 is 12.6 Å². The monoisotopic (exact) mass is 266 g/mol. The highest BCUT2D eigenvalue weighted by Crippen LogP contribution is 2.10. The summed E-state index contributed by atoms with van der Waals surface area (Å²) in [5.74, 6) is -0.804. The molecule has 0 amide bonds. The van der Waals surface area contributed by atoms with E-state index in [0.29, 0.717) is 12.3 Å². The van der Waals surface area contributed by atoms with Crippen molar-refractivity contribution in [3.63, 3.8) is 0 Å².